The minimum atomic E-state index is -1.63. The van der Waals surface area contributed by atoms with Gasteiger partial charge in [0, 0.05) is 46.0 Å². The maximum Gasteiger partial charge on any atom is 0.339 e. The second-order valence-electron chi connectivity index (χ2n) is 11.2. The van der Waals surface area contributed by atoms with Crippen molar-refractivity contribution in [2.24, 2.45) is 11.8 Å². The summed E-state index contributed by atoms with van der Waals surface area (Å²) in [6, 6.07) is 5.18. The highest BCUT2D eigenvalue weighted by Crippen LogP contribution is 2.57. The van der Waals surface area contributed by atoms with Gasteiger partial charge in [-0.25, -0.2) is 9.18 Å². The van der Waals surface area contributed by atoms with Crippen LogP contribution >= 0.6 is 23.2 Å². The quantitative estimate of drug-likeness (QED) is 0.138. The van der Waals surface area contributed by atoms with Gasteiger partial charge in [0.15, 0.2) is 0 Å². The van der Waals surface area contributed by atoms with E-state index in [4.69, 9.17) is 27.9 Å². The number of nitro benzene ring substituents is 1. The number of carbonyl (C=O) groups excluding carboxylic acids is 1. The fraction of sp³-hybridized carbons (Fsp3) is 0.355. The molecule has 2 aliphatic heterocycles. The number of aromatic carboxylic acids is 1. The number of likely N-dealkylation sites (tertiary alicyclic amines) is 1. The Morgan fingerprint density at radius 2 is 2.09 bits per heavy atom. The van der Waals surface area contributed by atoms with Crippen molar-refractivity contribution in [1.29, 1.82) is 0 Å². The standard InChI is InChI=1S/C31H31Cl2FN4O7/c1-16(32)4-3-5-22(34)27-28(35-13-18-10-20(29(40)41)26(45-2)12-24(18)38(43)44)25(15-39)37(14-17-6-7-17)31(27)21-9-8-19(33)11-23(21)36-30(31)42/h3-5,8-12,17,25,27-28,35,39H,1,6-7,13-15H2,2H3,(H,36,42)(H,40,41)/b4-3-,22-5-/t25-,27-,28+,31+/m1/s1. The van der Waals surface area contributed by atoms with Crippen molar-refractivity contribution < 1.29 is 33.9 Å². The zero-order valence-electron chi connectivity index (χ0n) is 24.1. The molecule has 0 radical (unpaired) electrons. The van der Waals surface area contributed by atoms with Crippen molar-refractivity contribution in [3.05, 3.63) is 97.8 Å². The second kappa shape index (κ2) is 12.9. The number of carboxylic acid groups (broad SMARTS) is 1. The fourth-order valence-electron chi connectivity index (χ4n) is 6.53. The van der Waals surface area contributed by atoms with E-state index in [-0.39, 0.29) is 34.4 Å². The molecule has 4 atom stereocenters. The van der Waals surface area contributed by atoms with Crippen LogP contribution in [0.25, 0.3) is 0 Å². The Labute approximate surface area is 268 Å². The van der Waals surface area contributed by atoms with E-state index in [9.17, 15) is 29.9 Å². The normalized spacial score (nSPS) is 24.7. The zero-order chi connectivity index (χ0) is 32.6. The highest BCUT2D eigenvalue weighted by Gasteiger charge is 2.67. The average Bonchev–Trinajstić information content (AvgIpc) is 3.70. The summed E-state index contributed by atoms with van der Waals surface area (Å²) in [6.07, 6.45) is 5.71. The maximum absolute atomic E-state index is 16.7. The van der Waals surface area contributed by atoms with Gasteiger partial charge >= 0.3 is 5.97 Å². The Morgan fingerprint density at radius 3 is 2.69 bits per heavy atom. The molecular formula is C31H31Cl2FN4O7. The number of carbonyl (C=O) groups is 2. The van der Waals surface area contributed by atoms with E-state index in [1.807, 2.05) is 4.90 Å². The maximum atomic E-state index is 16.7. The Kier molecular flexibility index (Phi) is 9.33. The number of hydrogen-bond donors (Lipinski definition) is 4. The molecule has 1 spiro atoms. The summed E-state index contributed by atoms with van der Waals surface area (Å²) >= 11 is 12.1. The molecule has 2 aromatic rings. The summed E-state index contributed by atoms with van der Waals surface area (Å²) in [7, 11) is 1.20. The number of methoxy groups -OCH3 is 1. The lowest BCUT2D eigenvalue weighted by Crippen LogP contribution is -2.54. The predicted octanol–water partition coefficient (Wildman–Crippen LogP) is 5.13. The number of nitrogens with one attached hydrogen (secondary N) is 2. The van der Waals surface area contributed by atoms with E-state index in [1.165, 1.54) is 25.3 Å². The van der Waals surface area contributed by atoms with Crippen molar-refractivity contribution in [2.75, 3.05) is 25.6 Å². The predicted molar refractivity (Wildman–Crippen MR) is 166 cm³/mol. The number of fused-ring (bicyclic) bond motifs is 2. The van der Waals surface area contributed by atoms with Crippen molar-refractivity contribution >= 4 is 46.5 Å². The number of anilines is 1. The summed E-state index contributed by atoms with van der Waals surface area (Å²) in [5, 5.41) is 39.1. The van der Waals surface area contributed by atoms with Crippen LogP contribution in [0.1, 0.15) is 34.3 Å². The number of rotatable bonds is 12. The molecule has 1 saturated heterocycles. The topological polar surface area (TPSA) is 154 Å². The Hall–Kier alpha value is -3.81. The lowest BCUT2D eigenvalue weighted by atomic mass is 9.76. The SMILES string of the molecule is C=C(Cl)/C=C\C=C(/F)[C@@H]1[C@@H](NCc2cc(C(=O)O)c(OC)cc2[N+](=O)[O-])[C@@H](CO)N(CC2CC2)[C@]12C(=O)Nc1cc(Cl)ccc12. The van der Waals surface area contributed by atoms with Gasteiger partial charge in [0.1, 0.15) is 22.7 Å². The number of amides is 1. The number of nitro groups is 1. The highest BCUT2D eigenvalue weighted by molar-refractivity contribution is 6.31. The van der Waals surface area contributed by atoms with E-state index < -0.39 is 58.5 Å². The van der Waals surface area contributed by atoms with Crippen LogP contribution in [-0.2, 0) is 16.9 Å². The van der Waals surface area contributed by atoms with Crippen molar-refractivity contribution in [2.45, 2.75) is 37.0 Å². The number of hydrogen-bond acceptors (Lipinski definition) is 8. The van der Waals surface area contributed by atoms with Crippen LogP contribution in [0.15, 0.2) is 66.0 Å². The molecule has 1 aliphatic carbocycles. The lowest BCUT2D eigenvalue weighted by molar-refractivity contribution is -0.385. The third-order valence-electron chi connectivity index (χ3n) is 8.59. The summed E-state index contributed by atoms with van der Waals surface area (Å²) in [5.41, 5.74) is -1.46. The molecule has 2 fully saturated rings. The summed E-state index contributed by atoms with van der Waals surface area (Å²) in [6.45, 7) is 3.18. The Bertz CT molecular complexity index is 1630. The molecule has 3 aliphatic rings. The van der Waals surface area contributed by atoms with Gasteiger partial charge in [-0.3, -0.25) is 19.8 Å². The summed E-state index contributed by atoms with van der Waals surface area (Å²) < 4.78 is 21.7. The zero-order valence-corrected chi connectivity index (χ0v) is 25.6. The Balaban J connectivity index is 1.67. The van der Waals surface area contributed by atoms with Gasteiger partial charge in [-0.15, -0.1) is 0 Å². The van der Waals surface area contributed by atoms with Gasteiger partial charge in [-0.2, -0.15) is 0 Å². The number of ether oxygens (including phenoxy) is 1. The molecule has 1 amide bonds. The van der Waals surface area contributed by atoms with Gasteiger partial charge in [0.25, 0.3) is 5.69 Å². The number of benzene rings is 2. The van der Waals surface area contributed by atoms with Crippen LogP contribution in [0.3, 0.4) is 0 Å². The van der Waals surface area contributed by atoms with Crippen LogP contribution in [0.5, 0.6) is 5.75 Å². The molecule has 4 N–H and O–H groups in total. The molecular weight excluding hydrogens is 630 g/mol. The van der Waals surface area contributed by atoms with Crippen LogP contribution in [-0.4, -0.2) is 64.3 Å². The Morgan fingerprint density at radius 1 is 1.36 bits per heavy atom. The van der Waals surface area contributed by atoms with Gasteiger partial charge < -0.3 is 25.6 Å². The second-order valence-corrected chi connectivity index (χ2v) is 12.2. The van der Waals surface area contributed by atoms with E-state index in [2.05, 4.69) is 17.2 Å². The number of halogens is 3. The first kappa shape index (κ1) is 32.6. The van der Waals surface area contributed by atoms with Crippen LogP contribution in [0, 0.1) is 22.0 Å². The molecule has 14 heteroatoms. The molecule has 2 heterocycles. The summed E-state index contributed by atoms with van der Waals surface area (Å²) in [4.78, 5) is 39.2. The third-order valence-corrected chi connectivity index (χ3v) is 8.95. The van der Waals surface area contributed by atoms with Crippen molar-refractivity contribution in [1.82, 2.24) is 10.2 Å². The van der Waals surface area contributed by atoms with Crippen LogP contribution in [0.4, 0.5) is 15.8 Å². The number of aliphatic hydroxyl groups is 1. The molecule has 0 bridgehead atoms. The molecule has 2 aromatic carbocycles. The smallest absolute Gasteiger partial charge is 0.339 e. The molecule has 45 heavy (non-hydrogen) atoms. The first-order chi connectivity index (χ1) is 21.4. The number of nitrogens with zero attached hydrogens (tertiary/aromatic N) is 2. The minimum absolute atomic E-state index is 0.00545. The monoisotopic (exact) mass is 660 g/mol. The highest BCUT2D eigenvalue weighted by atomic mass is 35.5. The first-order valence-electron chi connectivity index (χ1n) is 14.1. The van der Waals surface area contributed by atoms with E-state index in [0.29, 0.717) is 22.8 Å². The molecule has 238 valence electrons. The fourth-order valence-corrected chi connectivity index (χ4v) is 6.78. The lowest BCUT2D eigenvalue weighted by Gasteiger charge is -2.38. The van der Waals surface area contributed by atoms with E-state index in [1.54, 1.807) is 18.2 Å². The van der Waals surface area contributed by atoms with E-state index in [0.717, 1.165) is 25.0 Å². The number of allylic oxidation sites excluding steroid dienone is 4. The van der Waals surface area contributed by atoms with Crippen molar-refractivity contribution in [3.63, 3.8) is 0 Å². The molecule has 0 unspecified atom stereocenters. The van der Waals surface area contributed by atoms with Gasteiger partial charge in [0.05, 0.1) is 36.7 Å². The molecule has 1 saturated carbocycles. The van der Waals surface area contributed by atoms with Gasteiger partial charge in [0.2, 0.25) is 5.91 Å². The molecule has 0 aromatic heterocycles. The van der Waals surface area contributed by atoms with Gasteiger partial charge in [-0.1, -0.05) is 41.9 Å². The largest absolute Gasteiger partial charge is 0.496 e. The summed E-state index contributed by atoms with van der Waals surface area (Å²) in [5.74, 6) is -3.81. The van der Waals surface area contributed by atoms with Crippen molar-refractivity contribution in [3.8, 4) is 5.75 Å². The van der Waals surface area contributed by atoms with Gasteiger partial charge in [-0.05, 0) is 49.1 Å². The minimum Gasteiger partial charge on any atom is -0.496 e. The third kappa shape index (κ3) is 5.96. The molecule has 5 rings (SSSR count). The number of carboxylic acids is 1. The average molecular weight is 662 g/mol. The molecule has 11 nitrogen and oxygen atoms in total. The van der Waals surface area contributed by atoms with E-state index >= 15 is 4.39 Å². The number of aliphatic hydroxyl groups excluding tert-OH is 1. The van der Waals surface area contributed by atoms with Crippen LogP contribution in [0.2, 0.25) is 5.02 Å². The first-order valence-corrected chi connectivity index (χ1v) is 14.9. The van der Waals surface area contributed by atoms with Crippen LogP contribution < -0.4 is 15.4 Å².